The van der Waals surface area contributed by atoms with Crippen LogP contribution in [0, 0.1) is 0 Å². The Morgan fingerprint density at radius 1 is 0.950 bits per heavy atom. The fourth-order valence-corrected chi connectivity index (χ4v) is 1.56. The van der Waals surface area contributed by atoms with Gasteiger partial charge in [-0.25, -0.2) is 0 Å². The van der Waals surface area contributed by atoms with Gasteiger partial charge in [0.2, 0.25) is 0 Å². The second-order valence-electron chi connectivity index (χ2n) is 4.02. The summed E-state index contributed by atoms with van der Waals surface area (Å²) in [6.45, 7) is 0.209. The van der Waals surface area contributed by atoms with E-state index in [1.165, 1.54) is 24.3 Å². The highest BCUT2D eigenvalue weighted by molar-refractivity contribution is 5.51. The summed E-state index contributed by atoms with van der Waals surface area (Å²) in [5.74, 6) is 0.267. The SMILES string of the molecule is Nc1ccccc1OCc1ccc(OC(F)(F)F)cc1. The number of nitrogens with two attached hydrogens (primary N) is 1. The van der Waals surface area contributed by atoms with Crippen molar-refractivity contribution in [2.45, 2.75) is 13.0 Å². The summed E-state index contributed by atoms with van der Waals surface area (Å²) in [6.07, 6.45) is -4.68. The molecule has 0 amide bonds. The molecule has 0 radical (unpaired) electrons. The minimum atomic E-state index is -4.68. The Morgan fingerprint density at radius 3 is 2.20 bits per heavy atom. The zero-order valence-corrected chi connectivity index (χ0v) is 10.4. The van der Waals surface area contributed by atoms with Gasteiger partial charge in [-0.15, -0.1) is 13.2 Å². The fraction of sp³-hybridized carbons (Fsp3) is 0.143. The molecule has 0 saturated heterocycles. The van der Waals surface area contributed by atoms with Crippen molar-refractivity contribution in [3.05, 3.63) is 54.1 Å². The molecule has 3 nitrogen and oxygen atoms in total. The molecule has 2 aromatic carbocycles. The van der Waals surface area contributed by atoms with Gasteiger partial charge in [-0.3, -0.25) is 0 Å². The lowest BCUT2D eigenvalue weighted by atomic mass is 10.2. The Balaban J connectivity index is 1.96. The van der Waals surface area contributed by atoms with Crippen LogP contribution in [0.2, 0.25) is 0 Å². The topological polar surface area (TPSA) is 44.5 Å². The summed E-state index contributed by atoms with van der Waals surface area (Å²) in [4.78, 5) is 0. The van der Waals surface area contributed by atoms with Crippen LogP contribution >= 0.6 is 0 Å². The first kappa shape index (κ1) is 14.0. The molecule has 2 rings (SSSR count). The molecule has 0 spiro atoms. The molecule has 0 fully saturated rings. The van der Waals surface area contributed by atoms with Crippen LogP contribution in [0.1, 0.15) is 5.56 Å². The second kappa shape index (κ2) is 5.73. The number of hydrogen-bond acceptors (Lipinski definition) is 3. The van der Waals surface area contributed by atoms with E-state index < -0.39 is 6.36 Å². The number of para-hydroxylation sites is 2. The summed E-state index contributed by atoms with van der Waals surface area (Å²) >= 11 is 0. The maximum absolute atomic E-state index is 12.0. The molecule has 0 heterocycles. The van der Waals surface area contributed by atoms with E-state index in [9.17, 15) is 13.2 Å². The van der Waals surface area contributed by atoms with Crippen LogP contribution in [0.25, 0.3) is 0 Å². The van der Waals surface area contributed by atoms with Crippen LogP contribution < -0.4 is 15.2 Å². The third kappa shape index (κ3) is 4.08. The van der Waals surface area contributed by atoms with Crippen molar-refractivity contribution in [3.63, 3.8) is 0 Å². The average Bonchev–Trinajstić information content (AvgIpc) is 2.38. The van der Waals surface area contributed by atoms with Crippen LogP contribution in [0.5, 0.6) is 11.5 Å². The van der Waals surface area contributed by atoms with Gasteiger partial charge >= 0.3 is 6.36 Å². The van der Waals surface area contributed by atoms with E-state index in [0.29, 0.717) is 17.0 Å². The van der Waals surface area contributed by atoms with Gasteiger partial charge in [0, 0.05) is 0 Å². The Morgan fingerprint density at radius 2 is 1.60 bits per heavy atom. The Bertz CT molecular complexity index is 567. The third-order valence-corrected chi connectivity index (χ3v) is 2.47. The highest BCUT2D eigenvalue weighted by Gasteiger charge is 2.30. The first-order valence-electron chi connectivity index (χ1n) is 5.76. The van der Waals surface area contributed by atoms with Gasteiger partial charge in [0.1, 0.15) is 18.1 Å². The molecular weight excluding hydrogens is 271 g/mol. The molecule has 106 valence electrons. The fourth-order valence-electron chi connectivity index (χ4n) is 1.56. The summed E-state index contributed by atoms with van der Waals surface area (Å²) in [6, 6.07) is 12.5. The summed E-state index contributed by atoms with van der Waals surface area (Å²) < 4.78 is 45.2. The predicted octanol–water partition coefficient (Wildman–Crippen LogP) is 3.75. The maximum Gasteiger partial charge on any atom is 0.573 e. The van der Waals surface area contributed by atoms with E-state index in [2.05, 4.69) is 4.74 Å². The number of alkyl halides is 3. The summed E-state index contributed by atoms with van der Waals surface area (Å²) in [7, 11) is 0. The largest absolute Gasteiger partial charge is 0.573 e. The van der Waals surface area contributed by atoms with Crippen molar-refractivity contribution in [2.24, 2.45) is 0 Å². The van der Waals surface area contributed by atoms with Gasteiger partial charge in [-0.1, -0.05) is 24.3 Å². The predicted molar refractivity (Wildman–Crippen MR) is 68.3 cm³/mol. The van der Waals surface area contributed by atoms with Gasteiger partial charge in [0.05, 0.1) is 5.69 Å². The van der Waals surface area contributed by atoms with Crippen molar-refractivity contribution in [1.82, 2.24) is 0 Å². The molecule has 0 atom stereocenters. The van der Waals surface area contributed by atoms with Crippen molar-refractivity contribution in [2.75, 3.05) is 5.73 Å². The van der Waals surface area contributed by atoms with Gasteiger partial charge in [-0.05, 0) is 29.8 Å². The van der Waals surface area contributed by atoms with Crippen molar-refractivity contribution in [3.8, 4) is 11.5 Å². The number of ether oxygens (including phenoxy) is 2. The number of halogens is 3. The van der Waals surface area contributed by atoms with Crippen molar-refractivity contribution >= 4 is 5.69 Å². The zero-order chi connectivity index (χ0) is 14.6. The third-order valence-electron chi connectivity index (χ3n) is 2.47. The lowest BCUT2D eigenvalue weighted by Gasteiger charge is -2.10. The van der Waals surface area contributed by atoms with E-state index in [1.54, 1.807) is 24.3 Å². The van der Waals surface area contributed by atoms with E-state index in [0.717, 1.165) is 0 Å². The molecule has 20 heavy (non-hydrogen) atoms. The molecule has 2 N–H and O–H groups in total. The first-order valence-corrected chi connectivity index (χ1v) is 5.76. The molecule has 0 aliphatic carbocycles. The average molecular weight is 283 g/mol. The van der Waals surface area contributed by atoms with Gasteiger partial charge in [0.25, 0.3) is 0 Å². The molecule has 0 aliphatic heterocycles. The maximum atomic E-state index is 12.0. The smallest absolute Gasteiger partial charge is 0.487 e. The highest BCUT2D eigenvalue weighted by Crippen LogP contribution is 2.24. The van der Waals surface area contributed by atoms with Gasteiger partial charge < -0.3 is 15.2 Å². The number of anilines is 1. The zero-order valence-electron chi connectivity index (χ0n) is 10.4. The number of rotatable bonds is 4. The highest BCUT2D eigenvalue weighted by atomic mass is 19.4. The van der Waals surface area contributed by atoms with Crippen molar-refractivity contribution in [1.29, 1.82) is 0 Å². The Hall–Kier alpha value is -2.37. The van der Waals surface area contributed by atoms with Crippen LogP contribution in [0.3, 0.4) is 0 Å². The molecule has 0 saturated carbocycles. The molecule has 0 aromatic heterocycles. The standard InChI is InChI=1S/C14H12F3NO2/c15-14(16,17)20-11-7-5-10(6-8-11)9-19-13-4-2-1-3-12(13)18/h1-8H,9,18H2. The lowest BCUT2D eigenvalue weighted by molar-refractivity contribution is -0.274. The number of hydrogen-bond donors (Lipinski definition) is 1. The number of benzene rings is 2. The minimum Gasteiger partial charge on any atom is -0.487 e. The van der Waals surface area contributed by atoms with Crippen LogP contribution in [-0.4, -0.2) is 6.36 Å². The van der Waals surface area contributed by atoms with E-state index in [1.807, 2.05) is 0 Å². The van der Waals surface area contributed by atoms with E-state index in [4.69, 9.17) is 10.5 Å². The summed E-state index contributed by atoms with van der Waals surface area (Å²) in [5, 5.41) is 0. The lowest BCUT2D eigenvalue weighted by Crippen LogP contribution is -2.17. The summed E-state index contributed by atoms with van der Waals surface area (Å²) in [5.41, 5.74) is 6.92. The van der Waals surface area contributed by atoms with Crippen LogP contribution in [0.15, 0.2) is 48.5 Å². The van der Waals surface area contributed by atoms with Gasteiger partial charge in [0.15, 0.2) is 0 Å². The Kier molecular flexibility index (Phi) is 4.02. The van der Waals surface area contributed by atoms with E-state index >= 15 is 0 Å². The molecule has 0 aliphatic rings. The quantitative estimate of drug-likeness (QED) is 0.869. The van der Waals surface area contributed by atoms with Crippen molar-refractivity contribution < 1.29 is 22.6 Å². The molecule has 6 heteroatoms. The Labute approximate surface area is 113 Å². The number of nitrogen functional groups attached to an aromatic ring is 1. The molecule has 2 aromatic rings. The normalized spacial score (nSPS) is 11.2. The molecule has 0 bridgehead atoms. The molecule has 0 unspecified atom stereocenters. The van der Waals surface area contributed by atoms with Gasteiger partial charge in [-0.2, -0.15) is 0 Å². The second-order valence-corrected chi connectivity index (χ2v) is 4.02. The van der Waals surface area contributed by atoms with Crippen LogP contribution in [-0.2, 0) is 6.61 Å². The van der Waals surface area contributed by atoms with Crippen LogP contribution in [0.4, 0.5) is 18.9 Å². The monoisotopic (exact) mass is 283 g/mol. The minimum absolute atomic E-state index is 0.209. The van der Waals surface area contributed by atoms with E-state index in [-0.39, 0.29) is 12.4 Å². The first-order chi connectivity index (χ1) is 9.44. The molecular formula is C14H12F3NO2.